The van der Waals surface area contributed by atoms with E-state index < -0.39 is 11.7 Å². The lowest BCUT2D eigenvalue weighted by Crippen LogP contribution is -2.49. The van der Waals surface area contributed by atoms with Crippen LogP contribution in [0, 0.1) is 5.92 Å². The minimum absolute atomic E-state index is 0.0475. The molecular formula is C23H27F3N2O3. The third kappa shape index (κ3) is 5.48. The summed E-state index contributed by atoms with van der Waals surface area (Å²) < 4.78 is 44.6. The van der Waals surface area contributed by atoms with Gasteiger partial charge in [-0.1, -0.05) is 25.5 Å². The van der Waals surface area contributed by atoms with Crippen LogP contribution in [0.5, 0.6) is 0 Å². The van der Waals surface area contributed by atoms with Gasteiger partial charge in [0.25, 0.3) is 5.91 Å². The highest BCUT2D eigenvalue weighted by Gasteiger charge is 2.34. The summed E-state index contributed by atoms with van der Waals surface area (Å²) in [6.45, 7) is 4.87. The number of piperidine rings is 1. The number of benzene rings is 1. The molecule has 1 fully saturated rings. The number of carbonyl (C=O) groups is 2. The highest BCUT2D eigenvalue weighted by atomic mass is 19.4. The lowest BCUT2D eigenvalue weighted by Gasteiger charge is -2.37. The topological polar surface area (TPSA) is 62.6 Å². The second kappa shape index (κ2) is 9.58. The van der Waals surface area contributed by atoms with E-state index in [1.165, 1.54) is 24.3 Å². The van der Waals surface area contributed by atoms with Crippen LogP contribution in [0.4, 0.5) is 13.2 Å². The number of nitrogens with zero attached hydrogens (tertiary/aromatic N) is 1. The second-order valence-electron chi connectivity index (χ2n) is 7.97. The van der Waals surface area contributed by atoms with E-state index in [4.69, 9.17) is 4.42 Å². The van der Waals surface area contributed by atoms with E-state index in [1.807, 2.05) is 13.8 Å². The summed E-state index contributed by atoms with van der Waals surface area (Å²) in [7, 11) is 0. The molecule has 31 heavy (non-hydrogen) atoms. The Morgan fingerprint density at radius 2 is 1.97 bits per heavy atom. The number of rotatable bonds is 6. The van der Waals surface area contributed by atoms with E-state index in [0.717, 1.165) is 25.0 Å². The molecule has 2 atom stereocenters. The Morgan fingerprint density at radius 3 is 2.68 bits per heavy atom. The number of halogens is 3. The summed E-state index contributed by atoms with van der Waals surface area (Å²) in [4.78, 5) is 27.1. The molecule has 1 aromatic heterocycles. The molecule has 1 saturated heterocycles. The number of unbranched alkanes of at least 4 members (excludes halogenated alkanes) is 1. The first kappa shape index (κ1) is 22.9. The van der Waals surface area contributed by atoms with Gasteiger partial charge in [0.15, 0.2) is 5.76 Å². The van der Waals surface area contributed by atoms with Crippen LogP contribution in [0.1, 0.15) is 55.6 Å². The summed E-state index contributed by atoms with van der Waals surface area (Å²) in [6, 6.07) is 7.68. The van der Waals surface area contributed by atoms with Gasteiger partial charge >= 0.3 is 6.18 Å². The lowest BCUT2D eigenvalue weighted by molar-refractivity contribution is -0.137. The number of hydrogen-bond donors (Lipinski definition) is 1. The van der Waals surface area contributed by atoms with E-state index in [9.17, 15) is 22.8 Å². The van der Waals surface area contributed by atoms with Gasteiger partial charge in [0.2, 0.25) is 5.91 Å². The Labute approximate surface area is 179 Å². The van der Waals surface area contributed by atoms with E-state index in [1.54, 1.807) is 4.90 Å². The van der Waals surface area contributed by atoms with Gasteiger partial charge in [-0.3, -0.25) is 9.59 Å². The number of furan rings is 1. The maximum Gasteiger partial charge on any atom is 0.416 e. The van der Waals surface area contributed by atoms with Crippen molar-refractivity contribution >= 4 is 11.8 Å². The van der Waals surface area contributed by atoms with E-state index in [0.29, 0.717) is 19.4 Å². The number of carbonyl (C=O) groups excluding carboxylic acids is 2. The monoisotopic (exact) mass is 436 g/mol. The molecule has 2 aromatic rings. The Kier molecular flexibility index (Phi) is 7.08. The van der Waals surface area contributed by atoms with Crippen LogP contribution in [0.25, 0.3) is 11.3 Å². The summed E-state index contributed by atoms with van der Waals surface area (Å²) in [5.74, 6) is -0.465. The van der Waals surface area contributed by atoms with Crippen molar-refractivity contribution < 1.29 is 27.2 Å². The largest absolute Gasteiger partial charge is 0.451 e. The number of hydrogen-bond acceptors (Lipinski definition) is 3. The zero-order chi connectivity index (χ0) is 22.6. The van der Waals surface area contributed by atoms with E-state index in [2.05, 4.69) is 5.32 Å². The van der Waals surface area contributed by atoms with Crippen molar-refractivity contribution in [2.24, 2.45) is 5.92 Å². The van der Waals surface area contributed by atoms with Crippen molar-refractivity contribution in [1.29, 1.82) is 0 Å². The Morgan fingerprint density at radius 1 is 1.19 bits per heavy atom. The van der Waals surface area contributed by atoms with Gasteiger partial charge in [-0.05, 0) is 50.5 Å². The van der Waals surface area contributed by atoms with E-state index >= 15 is 0 Å². The lowest BCUT2D eigenvalue weighted by atomic mass is 9.92. The first-order valence-corrected chi connectivity index (χ1v) is 10.6. The van der Waals surface area contributed by atoms with Crippen molar-refractivity contribution in [3.05, 3.63) is 47.7 Å². The van der Waals surface area contributed by atoms with Crippen LogP contribution in [0.3, 0.4) is 0 Å². The standard InChI is InChI=1S/C23H27F3N2O3/c1-3-4-12-27-21(29)17-9-8-15(2)28(14-17)22(30)20-11-10-19(31-20)16-6-5-7-18(13-16)23(24,25)26/h5-7,10-11,13,15,17H,3-4,8-9,12,14H2,1-2H3,(H,27,29). The number of nitrogens with one attached hydrogen (secondary N) is 1. The first-order valence-electron chi connectivity index (χ1n) is 10.6. The van der Waals surface area contributed by atoms with Gasteiger partial charge in [0.05, 0.1) is 11.5 Å². The number of amides is 2. The van der Waals surface area contributed by atoms with Crippen LogP contribution < -0.4 is 5.32 Å². The Bertz CT molecular complexity index is 923. The van der Waals surface area contributed by atoms with Crippen LogP contribution in [0.15, 0.2) is 40.8 Å². The zero-order valence-corrected chi connectivity index (χ0v) is 17.7. The zero-order valence-electron chi connectivity index (χ0n) is 17.7. The highest BCUT2D eigenvalue weighted by Crippen LogP contribution is 2.33. The van der Waals surface area contributed by atoms with Gasteiger partial charge in [-0.2, -0.15) is 13.2 Å². The van der Waals surface area contributed by atoms with Gasteiger partial charge < -0.3 is 14.6 Å². The molecular weight excluding hydrogens is 409 g/mol. The van der Waals surface area contributed by atoms with Gasteiger partial charge in [0.1, 0.15) is 5.76 Å². The van der Waals surface area contributed by atoms with Crippen LogP contribution >= 0.6 is 0 Å². The summed E-state index contributed by atoms with van der Waals surface area (Å²) in [6.07, 6.45) is -1.17. The van der Waals surface area contributed by atoms with Gasteiger partial charge in [-0.15, -0.1) is 0 Å². The number of alkyl halides is 3. The summed E-state index contributed by atoms with van der Waals surface area (Å²) in [5, 5.41) is 2.92. The van der Waals surface area contributed by atoms with Crippen molar-refractivity contribution in [2.45, 2.75) is 51.7 Å². The molecule has 5 nitrogen and oxygen atoms in total. The molecule has 2 unspecified atom stereocenters. The first-order chi connectivity index (χ1) is 14.7. The minimum atomic E-state index is -4.46. The molecule has 0 bridgehead atoms. The summed E-state index contributed by atoms with van der Waals surface area (Å²) in [5.41, 5.74) is -0.537. The predicted octanol–water partition coefficient (Wildman–Crippen LogP) is 5.12. The molecule has 2 heterocycles. The molecule has 168 valence electrons. The minimum Gasteiger partial charge on any atom is -0.451 e. The van der Waals surface area contributed by atoms with Crippen molar-refractivity contribution in [2.75, 3.05) is 13.1 Å². The molecule has 1 N–H and O–H groups in total. The summed E-state index contributed by atoms with van der Waals surface area (Å²) >= 11 is 0. The van der Waals surface area contributed by atoms with Crippen molar-refractivity contribution in [1.82, 2.24) is 10.2 Å². The van der Waals surface area contributed by atoms with Gasteiger partial charge in [0, 0.05) is 24.7 Å². The van der Waals surface area contributed by atoms with Crippen LogP contribution in [-0.2, 0) is 11.0 Å². The maximum absolute atomic E-state index is 13.0. The molecule has 8 heteroatoms. The maximum atomic E-state index is 13.0. The fourth-order valence-corrected chi connectivity index (χ4v) is 3.73. The Balaban J connectivity index is 1.73. The normalized spacial score (nSPS) is 19.3. The second-order valence-corrected chi connectivity index (χ2v) is 7.97. The Hall–Kier alpha value is -2.77. The highest BCUT2D eigenvalue weighted by molar-refractivity contribution is 5.93. The van der Waals surface area contributed by atoms with E-state index in [-0.39, 0.29) is 47.4 Å². The third-order valence-electron chi connectivity index (χ3n) is 5.63. The molecule has 1 aliphatic heterocycles. The molecule has 0 saturated carbocycles. The van der Waals surface area contributed by atoms with Crippen LogP contribution in [0.2, 0.25) is 0 Å². The molecule has 0 radical (unpaired) electrons. The number of likely N-dealkylation sites (tertiary alicyclic amines) is 1. The molecule has 1 aliphatic rings. The average Bonchev–Trinajstić information content (AvgIpc) is 3.23. The average molecular weight is 436 g/mol. The smallest absolute Gasteiger partial charge is 0.416 e. The molecule has 0 aliphatic carbocycles. The SMILES string of the molecule is CCCCNC(=O)C1CCC(C)N(C(=O)c2ccc(-c3cccc(C(F)(F)F)c3)o2)C1. The molecule has 2 amide bonds. The van der Waals surface area contributed by atoms with Crippen molar-refractivity contribution in [3.8, 4) is 11.3 Å². The third-order valence-corrected chi connectivity index (χ3v) is 5.63. The molecule has 0 spiro atoms. The quantitative estimate of drug-likeness (QED) is 0.639. The van der Waals surface area contributed by atoms with Crippen molar-refractivity contribution in [3.63, 3.8) is 0 Å². The van der Waals surface area contributed by atoms with Crippen LogP contribution in [-0.4, -0.2) is 35.8 Å². The molecule has 3 rings (SSSR count). The van der Waals surface area contributed by atoms with Gasteiger partial charge in [-0.25, -0.2) is 0 Å². The fourth-order valence-electron chi connectivity index (χ4n) is 3.73. The predicted molar refractivity (Wildman–Crippen MR) is 110 cm³/mol. The molecule has 1 aromatic carbocycles. The fraction of sp³-hybridized carbons (Fsp3) is 0.478.